The van der Waals surface area contributed by atoms with Gasteiger partial charge in [0.15, 0.2) is 5.43 Å². The second-order valence-corrected chi connectivity index (χ2v) is 9.13. The number of morpholine rings is 1. The third-order valence-electron chi connectivity index (χ3n) is 6.45. The lowest BCUT2D eigenvalue weighted by Gasteiger charge is -2.29. The Balaban J connectivity index is 1.54. The van der Waals surface area contributed by atoms with Gasteiger partial charge in [0.05, 0.1) is 30.2 Å². The lowest BCUT2D eigenvalue weighted by molar-refractivity contribution is 0.0353. The van der Waals surface area contributed by atoms with E-state index in [1.54, 1.807) is 29.2 Å². The van der Waals surface area contributed by atoms with Crippen molar-refractivity contribution in [1.29, 1.82) is 0 Å². The topological polar surface area (TPSA) is 72.2 Å². The zero-order valence-electron chi connectivity index (χ0n) is 19.4. The largest absolute Gasteiger partial charge is 0.490 e. The maximum atomic E-state index is 13.7. The van der Waals surface area contributed by atoms with E-state index < -0.39 is 6.04 Å². The summed E-state index contributed by atoms with van der Waals surface area (Å²) in [6.45, 7) is 8.59. The van der Waals surface area contributed by atoms with Crippen molar-refractivity contribution in [3.8, 4) is 5.75 Å². The molecule has 2 aliphatic heterocycles. The number of benzene rings is 2. The van der Waals surface area contributed by atoms with Crippen LogP contribution in [0.1, 0.15) is 34.1 Å². The number of fused-ring (bicyclic) bond motifs is 2. The number of halogens is 1. The Morgan fingerprint density at radius 2 is 1.94 bits per heavy atom. The second-order valence-electron chi connectivity index (χ2n) is 8.70. The van der Waals surface area contributed by atoms with Crippen LogP contribution in [0.25, 0.3) is 11.0 Å². The van der Waals surface area contributed by atoms with Crippen molar-refractivity contribution in [1.82, 2.24) is 9.80 Å². The van der Waals surface area contributed by atoms with E-state index in [-0.39, 0.29) is 17.1 Å². The van der Waals surface area contributed by atoms with Gasteiger partial charge in [0.25, 0.3) is 5.91 Å². The molecule has 1 fully saturated rings. The lowest BCUT2D eigenvalue weighted by atomic mass is 9.98. The summed E-state index contributed by atoms with van der Waals surface area (Å²) in [7, 11) is 0. The standard InChI is InChI=1S/C27H27ClN2O5/c1-2-13-34-20-6-3-5-18(16-20)24-23-25(31)21-17-19(28)7-8-22(21)35-26(23)27(32)30(24)10-4-9-29-11-14-33-15-12-29/h2-3,5-8,16-17,24H,1,4,9-15H2. The minimum atomic E-state index is -0.575. The van der Waals surface area contributed by atoms with Crippen LogP contribution in [0.15, 0.2) is 64.3 Å². The molecule has 1 amide bonds. The molecule has 1 aromatic heterocycles. The van der Waals surface area contributed by atoms with E-state index in [0.29, 0.717) is 40.5 Å². The summed E-state index contributed by atoms with van der Waals surface area (Å²) < 4.78 is 17.2. The molecule has 182 valence electrons. The molecule has 7 nitrogen and oxygen atoms in total. The molecule has 0 bridgehead atoms. The zero-order valence-corrected chi connectivity index (χ0v) is 20.1. The highest BCUT2D eigenvalue weighted by molar-refractivity contribution is 6.31. The molecule has 1 atom stereocenters. The van der Waals surface area contributed by atoms with E-state index in [1.165, 1.54) is 0 Å². The Kier molecular flexibility index (Phi) is 6.90. The fraction of sp³-hybridized carbons (Fsp3) is 0.333. The highest BCUT2D eigenvalue weighted by Gasteiger charge is 2.42. The van der Waals surface area contributed by atoms with Gasteiger partial charge in [-0.1, -0.05) is 36.4 Å². The number of rotatable bonds is 8. The Morgan fingerprint density at radius 3 is 2.74 bits per heavy atom. The van der Waals surface area contributed by atoms with E-state index in [4.69, 9.17) is 25.5 Å². The fourth-order valence-corrected chi connectivity index (χ4v) is 4.96. The van der Waals surface area contributed by atoms with Crippen LogP contribution < -0.4 is 10.2 Å². The summed E-state index contributed by atoms with van der Waals surface area (Å²) in [5.41, 5.74) is 1.24. The van der Waals surface area contributed by atoms with Crippen molar-refractivity contribution in [3.63, 3.8) is 0 Å². The predicted octanol–water partition coefficient (Wildman–Crippen LogP) is 4.28. The first-order valence-corrected chi connectivity index (χ1v) is 12.2. The van der Waals surface area contributed by atoms with Gasteiger partial charge in [0, 0.05) is 31.2 Å². The maximum Gasteiger partial charge on any atom is 0.290 e. The summed E-state index contributed by atoms with van der Waals surface area (Å²) in [6, 6.07) is 11.8. The van der Waals surface area contributed by atoms with Crippen molar-refractivity contribution >= 4 is 28.5 Å². The van der Waals surface area contributed by atoms with Crippen LogP contribution >= 0.6 is 11.6 Å². The Bertz CT molecular complexity index is 1310. The van der Waals surface area contributed by atoms with Gasteiger partial charge >= 0.3 is 0 Å². The molecule has 35 heavy (non-hydrogen) atoms. The number of nitrogens with zero attached hydrogens (tertiary/aromatic N) is 2. The van der Waals surface area contributed by atoms with Crippen LogP contribution in [0.2, 0.25) is 5.02 Å². The molecule has 3 heterocycles. The summed E-state index contributed by atoms with van der Waals surface area (Å²) in [5, 5.41) is 0.802. The molecule has 1 saturated heterocycles. The van der Waals surface area contributed by atoms with Crippen LogP contribution in [0, 0.1) is 0 Å². The molecule has 0 N–H and O–H groups in total. The average molecular weight is 495 g/mol. The van der Waals surface area contributed by atoms with E-state index in [0.717, 1.165) is 44.8 Å². The monoisotopic (exact) mass is 494 g/mol. The molecular weight excluding hydrogens is 468 g/mol. The molecule has 1 unspecified atom stereocenters. The summed E-state index contributed by atoms with van der Waals surface area (Å²) in [5.74, 6) is 0.460. The predicted molar refractivity (Wildman–Crippen MR) is 134 cm³/mol. The first-order valence-electron chi connectivity index (χ1n) is 11.8. The van der Waals surface area contributed by atoms with Gasteiger partial charge in [-0.25, -0.2) is 0 Å². The lowest BCUT2D eigenvalue weighted by Crippen LogP contribution is -2.38. The third-order valence-corrected chi connectivity index (χ3v) is 6.68. The molecule has 5 rings (SSSR count). The number of hydrogen-bond donors (Lipinski definition) is 0. The van der Waals surface area contributed by atoms with Crippen molar-refractivity contribution in [2.75, 3.05) is 46.0 Å². The average Bonchev–Trinajstić information content (AvgIpc) is 3.16. The summed E-state index contributed by atoms with van der Waals surface area (Å²) in [6.07, 6.45) is 2.44. The van der Waals surface area contributed by atoms with Crippen molar-refractivity contribution in [2.45, 2.75) is 12.5 Å². The first-order chi connectivity index (χ1) is 17.1. The van der Waals surface area contributed by atoms with Crippen LogP contribution in [-0.4, -0.2) is 61.7 Å². The minimum absolute atomic E-state index is 0.0959. The van der Waals surface area contributed by atoms with E-state index in [1.807, 2.05) is 24.3 Å². The van der Waals surface area contributed by atoms with Gasteiger partial charge in [-0.3, -0.25) is 14.5 Å². The van der Waals surface area contributed by atoms with Gasteiger partial charge in [-0.15, -0.1) is 0 Å². The van der Waals surface area contributed by atoms with Crippen LogP contribution in [-0.2, 0) is 4.74 Å². The second kappa shape index (κ2) is 10.2. The van der Waals surface area contributed by atoms with Gasteiger partial charge in [0.1, 0.15) is 17.9 Å². The van der Waals surface area contributed by atoms with E-state index >= 15 is 0 Å². The van der Waals surface area contributed by atoms with Gasteiger partial charge in [-0.2, -0.15) is 0 Å². The molecule has 2 aliphatic rings. The summed E-state index contributed by atoms with van der Waals surface area (Å²) in [4.78, 5) is 31.3. The Labute approximate surface area is 208 Å². The normalized spacial score (nSPS) is 18.1. The van der Waals surface area contributed by atoms with Gasteiger partial charge < -0.3 is 18.8 Å². The first kappa shape index (κ1) is 23.6. The van der Waals surface area contributed by atoms with Gasteiger partial charge in [-0.05, 0) is 42.3 Å². The number of ether oxygens (including phenoxy) is 2. The molecular formula is C27H27ClN2O5. The molecule has 0 saturated carbocycles. The molecule has 8 heteroatoms. The van der Waals surface area contributed by atoms with Crippen LogP contribution in [0.5, 0.6) is 5.75 Å². The van der Waals surface area contributed by atoms with E-state index in [2.05, 4.69) is 11.5 Å². The third kappa shape index (κ3) is 4.72. The van der Waals surface area contributed by atoms with Gasteiger partial charge in [0.2, 0.25) is 5.76 Å². The smallest absolute Gasteiger partial charge is 0.290 e. The van der Waals surface area contributed by atoms with Crippen molar-refractivity contribution < 1.29 is 18.7 Å². The number of hydrogen-bond acceptors (Lipinski definition) is 6. The van der Waals surface area contributed by atoms with Crippen LogP contribution in [0.4, 0.5) is 0 Å². The number of carbonyl (C=O) groups is 1. The van der Waals surface area contributed by atoms with E-state index in [9.17, 15) is 9.59 Å². The molecule has 3 aromatic rings. The molecule has 2 aromatic carbocycles. The maximum absolute atomic E-state index is 13.7. The molecule has 0 radical (unpaired) electrons. The van der Waals surface area contributed by atoms with Crippen molar-refractivity contribution in [3.05, 3.63) is 87.3 Å². The highest BCUT2D eigenvalue weighted by Crippen LogP contribution is 2.39. The molecule has 0 spiro atoms. The quantitative estimate of drug-likeness (QED) is 0.435. The van der Waals surface area contributed by atoms with Crippen molar-refractivity contribution in [2.24, 2.45) is 0 Å². The highest BCUT2D eigenvalue weighted by atomic mass is 35.5. The molecule has 0 aliphatic carbocycles. The number of carbonyl (C=O) groups excluding carboxylic acids is 1. The Hall–Kier alpha value is -3.13. The van der Waals surface area contributed by atoms with Crippen LogP contribution in [0.3, 0.4) is 0 Å². The SMILES string of the molecule is C=CCOc1cccc(C2c3c(oc4ccc(Cl)cc4c3=O)C(=O)N2CCCN2CCOCC2)c1. The minimum Gasteiger partial charge on any atom is -0.490 e. The number of amides is 1. The fourth-order valence-electron chi connectivity index (χ4n) is 4.79. The Morgan fingerprint density at radius 1 is 1.11 bits per heavy atom. The summed E-state index contributed by atoms with van der Waals surface area (Å²) >= 11 is 6.17. The zero-order chi connectivity index (χ0) is 24.4.